The van der Waals surface area contributed by atoms with Crippen LogP contribution < -0.4 is 4.90 Å². The Bertz CT molecular complexity index is 1310. The van der Waals surface area contributed by atoms with Crippen molar-refractivity contribution >= 4 is 27.6 Å². The van der Waals surface area contributed by atoms with Crippen LogP contribution in [0.25, 0.3) is 21.9 Å². The molecule has 3 aromatic rings. The van der Waals surface area contributed by atoms with Crippen LogP contribution in [0.1, 0.15) is 12.8 Å². The van der Waals surface area contributed by atoms with Gasteiger partial charge in [-0.05, 0) is 49.3 Å². The first-order valence-electron chi connectivity index (χ1n) is 10.7. The maximum absolute atomic E-state index is 6.07. The third kappa shape index (κ3) is 2.80. The molecule has 2 unspecified atom stereocenters. The molecule has 0 fully saturated rings. The lowest BCUT2D eigenvalue weighted by Crippen LogP contribution is -2.30. The lowest BCUT2D eigenvalue weighted by atomic mass is 9.81. The predicted molar refractivity (Wildman–Crippen MR) is 125 cm³/mol. The molecule has 0 amide bonds. The van der Waals surface area contributed by atoms with Crippen LogP contribution in [0.5, 0.6) is 0 Å². The maximum atomic E-state index is 6.07. The van der Waals surface area contributed by atoms with E-state index in [1.807, 2.05) is 12.1 Å². The Morgan fingerprint density at radius 1 is 0.833 bits per heavy atom. The van der Waals surface area contributed by atoms with Crippen LogP contribution in [0.3, 0.4) is 0 Å². The van der Waals surface area contributed by atoms with Crippen molar-refractivity contribution in [2.24, 2.45) is 11.8 Å². The topological polar surface area (TPSA) is 16.4 Å². The lowest BCUT2D eigenvalue weighted by molar-refractivity contribution is 0.608. The number of hydrogen-bond donors (Lipinski definition) is 0. The summed E-state index contributed by atoms with van der Waals surface area (Å²) in [6, 6.07) is 14.9. The van der Waals surface area contributed by atoms with Crippen LogP contribution in [0.2, 0.25) is 0 Å². The van der Waals surface area contributed by atoms with Gasteiger partial charge in [0.15, 0.2) is 0 Å². The van der Waals surface area contributed by atoms with Gasteiger partial charge >= 0.3 is 0 Å². The molecule has 0 N–H and O–H groups in total. The van der Waals surface area contributed by atoms with Crippen molar-refractivity contribution in [1.29, 1.82) is 0 Å². The minimum atomic E-state index is 0.341. The van der Waals surface area contributed by atoms with E-state index in [1.165, 1.54) is 22.5 Å². The van der Waals surface area contributed by atoms with E-state index in [9.17, 15) is 0 Å². The molecule has 0 saturated heterocycles. The summed E-state index contributed by atoms with van der Waals surface area (Å²) >= 11 is 0. The van der Waals surface area contributed by atoms with E-state index in [-0.39, 0.29) is 0 Å². The fraction of sp³-hybridized carbons (Fsp3) is 0.143. The molecule has 0 spiro atoms. The molecule has 30 heavy (non-hydrogen) atoms. The van der Waals surface area contributed by atoms with E-state index in [1.54, 1.807) is 0 Å². The van der Waals surface area contributed by atoms with E-state index in [4.69, 9.17) is 4.42 Å². The second-order valence-corrected chi connectivity index (χ2v) is 8.07. The predicted octanol–water partition coefficient (Wildman–Crippen LogP) is 7.44. The first kappa shape index (κ1) is 17.3. The highest BCUT2D eigenvalue weighted by Gasteiger charge is 2.29. The average Bonchev–Trinajstić information content (AvgIpc) is 3.18. The number of furan rings is 1. The summed E-state index contributed by atoms with van der Waals surface area (Å²) in [6.45, 7) is 0. The van der Waals surface area contributed by atoms with Crippen molar-refractivity contribution in [3.8, 4) is 0 Å². The van der Waals surface area contributed by atoms with Crippen molar-refractivity contribution in [3.05, 3.63) is 115 Å². The molecule has 0 bridgehead atoms. The summed E-state index contributed by atoms with van der Waals surface area (Å²) in [4.78, 5) is 2.43. The summed E-state index contributed by atoms with van der Waals surface area (Å²) in [5, 5.41) is 2.33. The van der Waals surface area contributed by atoms with E-state index < -0.39 is 0 Å². The zero-order valence-electron chi connectivity index (χ0n) is 16.7. The number of anilines is 1. The minimum Gasteiger partial charge on any atom is -0.456 e. The highest BCUT2D eigenvalue weighted by Crippen LogP contribution is 2.40. The smallest absolute Gasteiger partial charge is 0.135 e. The Morgan fingerprint density at radius 3 is 2.63 bits per heavy atom. The van der Waals surface area contributed by atoms with Crippen molar-refractivity contribution in [2.75, 3.05) is 4.90 Å². The number of para-hydroxylation sites is 1. The van der Waals surface area contributed by atoms with Crippen molar-refractivity contribution in [2.45, 2.75) is 12.8 Å². The zero-order valence-corrected chi connectivity index (χ0v) is 16.7. The number of rotatable bonds is 3. The van der Waals surface area contributed by atoms with E-state index in [0.717, 1.165) is 29.4 Å². The van der Waals surface area contributed by atoms with Gasteiger partial charge in [-0.3, -0.25) is 0 Å². The summed E-state index contributed by atoms with van der Waals surface area (Å²) in [5.41, 5.74) is 5.61. The average molecular weight is 389 g/mol. The molecule has 1 aromatic heterocycles. The zero-order chi connectivity index (χ0) is 19.9. The molecular formula is C28H23NO. The van der Waals surface area contributed by atoms with Gasteiger partial charge in [-0.1, -0.05) is 66.8 Å². The van der Waals surface area contributed by atoms with Gasteiger partial charge in [-0.15, -0.1) is 0 Å². The molecule has 2 heteroatoms. The summed E-state index contributed by atoms with van der Waals surface area (Å²) in [7, 11) is 0. The van der Waals surface area contributed by atoms with Gasteiger partial charge in [0, 0.05) is 39.7 Å². The van der Waals surface area contributed by atoms with E-state index in [0.29, 0.717) is 11.8 Å². The number of hydrogen-bond acceptors (Lipinski definition) is 2. The largest absolute Gasteiger partial charge is 0.456 e. The van der Waals surface area contributed by atoms with Crippen molar-refractivity contribution in [3.63, 3.8) is 0 Å². The quantitative estimate of drug-likeness (QED) is 0.463. The van der Waals surface area contributed by atoms with Crippen LogP contribution in [-0.2, 0) is 0 Å². The number of allylic oxidation sites excluding steroid dienone is 10. The van der Waals surface area contributed by atoms with Gasteiger partial charge in [0.25, 0.3) is 0 Å². The molecule has 2 atom stereocenters. The highest BCUT2D eigenvalue weighted by molar-refractivity contribution is 6.06. The fourth-order valence-corrected chi connectivity index (χ4v) is 4.79. The molecule has 1 heterocycles. The van der Waals surface area contributed by atoms with Crippen LogP contribution >= 0.6 is 0 Å². The molecule has 0 saturated carbocycles. The molecule has 3 aliphatic carbocycles. The molecular weight excluding hydrogens is 366 g/mol. The first-order chi connectivity index (χ1) is 14.9. The molecule has 6 rings (SSSR count). The molecule has 146 valence electrons. The number of fused-ring (bicyclic) bond motifs is 4. The monoisotopic (exact) mass is 389 g/mol. The van der Waals surface area contributed by atoms with Gasteiger partial charge in [0.2, 0.25) is 0 Å². The second-order valence-electron chi connectivity index (χ2n) is 8.07. The Hall–Kier alpha value is -3.52. The van der Waals surface area contributed by atoms with Crippen LogP contribution in [0, 0.1) is 11.8 Å². The summed E-state index contributed by atoms with van der Waals surface area (Å²) < 4.78 is 6.07. The van der Waals surface area contributed by atoms with Gasteiger partial charge < -0.3 is 9.32 Å². The molecule has 0 aliphatic heterocycles. The van der Waals surface area contributed by atoms with Crippen LogP contribution in [0.4, 0.5) is 5.69 Å². The molecule has 3 aliphatic rings. The Balaban J connectivity index is 1.53. The third-order valence-corrected chi connectivity index (χ3v) is 6.23. The molecule has 2 aromatic carbocycles. The minimum absolute atomic E-state index is 0.341. The van der Waals surface area contributed by atoms with Crippen molar-refractivity contribution in [1.82, 2.24) is 0 Å². The Morgan fingerprint density at radius 2 is 1.70 bits per heavy atom. The lowest BCUT2D eigenvalue weighted by Gasteiger charge is -2.37. The standard InChI is InChI=1S/C28H23NO/c1-2-11-21(12-3-1)29(26-15-8-10-20-9-4-5-13-23(20)26)22-17-18-28-25(19-22)24-14-6-7-16-27(24)30-28/h2,4-20,23H,1,3H2. The fourth-order valence-electron chi connectivity index (χ4n) is 4.79. The van der Waals surface area contributed by atoms with Crippen molar-refractivity contribution < 1.29 is 4.42 Å². The van der Waals surface area contributed by atoms with Gasteiger partial charge in [-0.2, -0.15) is 0 Å². The third-order valence-electron chi connectivity index (χ3n) is 6.23. The second kappa shape index (κ2) is 7.07. The van der Waals surface area contributed by atoms with E-state index >= 15 is 0 Å². The van der Waals surface area contributed by atoms with Gasteiger partial charge in [0.1, 0.15) is 11.2 Å². The Kier molecular flexibility index (Phi) is 4.09. The van der Waals surface area contributed by atoms with E-state index in [2.05, 4.69) is 96.0 Å². The first-order valence-corrected chi connectivity index (χ1v) is 10.7. The Labute approximate surface area is 176 Å². The maximum Gasteiger partial charge on any atom is 0.135 e. The molecule has 2 nitrogen and oxygen atoms in total. The normalized spacial score (nSPS) is 22.3. The SMILES string of the molecule is C1=CC2C=CC=C(N(C3=CCCC=C3)c3ccc4oc5ccccc5c4c3)C2C=C1. The van der Waals surface area contributed by atoms with Gasteiger partial charge in [0.05, 0.1) is 0 Å². The highest BCUT2D eigenvalue weighted by atomic mass is 16.3. The number of nitrogens with zero attached hydrogens (tertiary/aromatic N) is 1. The number of benzene rings is 2. The summed E-state index contributed by atoms with van der Waals surface area (Å²) in [6.07, 6.45) is 24.8. The van der Waals surface area contributed by atoms with Crippen LogP contribution in [0.15, 0.2) is 119 Å². The van der Waals surface area contributed by atoms with Gasteiger partial charge in [-0.25, -0.2) is 0 Å². The van der Waals surface area contributed by atoms with Crippen LogP contribution in [-0.4, -0.2) is 0 Å². The molecule has 0 radical (unpaired) electrons. The summed E-state index contributed by atoms with van der Waals surface area (Å²) in [5.74, 6) is 0.747.